The van der Waals surface area contributed by atoms with E-state index in [0.29, 0.717) is 0 Å². The summed E-state index contributed by atoms with van der Waals surface area (Å²) in [6, 6.07) is 0. The van der Waals surface area contributed by atoms with Gasteiger partial charge in [0.15, 0.2) is 0 Å². The van der Waals surface area contributed by atoms with Gasteiger partial charge in [0.05, 0.1) is 0 Å². The quantitative estimate of drug-likeness (QED) is 0.445. The molecule has 0 aromatic rings. The number of hydrogen-bond donors (Lipinski definition) is 0. The van der Waals surface area contributed by atoms with Crippen molar-refractivity contribution in [3.63, 3.8) is 0 Å². The second-order valence-electron chi connectivity index (χ2n) is 0.749. The molecule has 0 rings (SSSR count). The average molecular weight is 223 g/mol. The predicted molar refractivity (Wildman–Crippen MR) is 18.7 cm³/mol. The Morgan fingerprint density at radius 2 is 1.33 bits per heavy atom. The molecule has 0 spiro atoms. The van der Waals surface area contributed by atoms with Gasteiger partial charge in [-0.25, -0.2) is 0 Å². The first-order valence-corrected chi connectivity index (χ1v) is 13.9. The Morgan fingerprint density at radius 1 is 1.17 bits per heavy atom. The second-order valence-corrected chi connectivity index (χ2v) is 15.5. The third kappa shape index (κ3) is 4.81. The topological polar surface area (TPSA) is 0 Å². The van der Waals surface area contributed by atoms with Crippen molar-refractivity contribution in [2.24, 2.45) is 0 Å². The first kappa shape index (κ1) is 6.81. The molecule has 0 saturated carbocycles. The maximum atomic E-state index is 10.7. The van der Waals surface area contributed by atoms with Crippen LogP contribution < -0.4 is 0 Å². The number of rotatable bonds is 1. The van der Waals surface area contributed by atoms with Crippen molar-refractivity contribution in [3.05, 3.63) is 0 Å². The Hall–Kier alpha value is 0.806. The molecule has 38 valence electrons. The minimum atomic E-state index is -6.02. The van der Waals surface area contributed by atoms with Gasteiger partial charge in [0.25, 0.3) is 0 Å². The summed E-state index contributed by atoms with van der Waals surface area (Å²) in [6.07, 6.45) is 0. The Morgan fingerprint density at radius 3 is 1.33 bits per heavy atom. The van der Waals surface area contributed by atoms with Crippen molar-refractivity contribution in [2.75, 3.05) is 0 Å². The van der Waals surface area contributed by atoms with Crippen LogP contribution in [0.1, 0.15) is 0 Å². The zero-order valence-corrected chi connectivity index (χ0v) is 7.78. The molecule has 6 heavy (non-hydrogen) atoms. The normalized spacial score (nSPS) is 14.0. The van der Waals surface area contributed by atoms with Gasteiger partial charge in [-0.05, 0) is 0 Å². The fourth-order valence-corrected chi connectivity index (χ4v) is 0. The van der Waals surface area contributed by atoms with E-state index in [9.17, 15) is 14.0 Å². The van der Waals surface area contributed by atoms with Gasteiger partial charge >= 0.3 is 40.6 Å². The van der Waals surface area contributed by atoms with Gasteiger partial charge in [-0.1, -0.05) is 0 Å². The molecular weight excluding hydrogens is 221 g/mol. The van der Waals surface area contributed by atoms with Crippen LogP contribution in [0.4, 0.5) is 14.0 Å². The van der Waals surface area contributed by atoms with Crippen molar-refractivity contribution < 1.29 is 14.0 Å². The molecule has 0 amide bonds. The van der Waals surface area contributed by atoms with E-state index in [1.165, 1.54) is 0 Å². The van der Waals surface area contributed by atoms with Crippen molar-refractivity contribution in [1.82, 2.24) is 0 Å². The maximum absolute atomic E-state index is 10.7. The molecule has 0 aliphatic rings. The first-order chi connectivity index (χ1) is 2.56. The summed E-state index contributed by atoms with van der Waals surface area (Å²) in [7, 11) is 0. The molecule has 0 nitrogen and oxygen atoms in total. The molecular formula is H2F4Ge2. The molecule has 0 heterocycles. The molecule has 0 saturated heterocycles. The van der Waals surface area contributed by atoms with Gasteiger partial charge in [0, 0.05) is 0 Å². The van der Waals surface area contributed by atoms with Gasteiger partial charge in [-0.15, -0.1) is 0 Å². The average Bonchev–Trinajstić information content (AvgIpc) is 1.35. The zero-order chi connectivity index (χ0) is 5.21. The van der Waals surface area contributed by atoms with Crippen LogP contribution >= 0.6 is 0 Å². The molecule has 0 aliphatic carbocycles. The van der Waals surface area contributed by atoms with Crippen LogP contribution in [0.3, 0.4) is 0 Å². The number of halogens is 4. The third-order valence-corrected chi connectivity index (χ3v) is 4.09. The Kier molecular flexibility index (Phi) is 2.50. The Bertz CT molecular complexity index is 35.3. The van der Waals surface area contributed by atoms with Crippen LogP contribution in [0.15, 0.2) is 0 Å². The SMILES string of the molecule is [F][GeH2][Ge]([F])([F])[F]. The molecule has 0 fully saturated rings. The fraction of sp³-hybridized carbons (Fsp3) is 0. The second kappa shape index (κ2) is 2.20. The summed E-state index contributed by atoms with van der Waals surface area (Å²) in [5.74, 6) is 0. The summed E-state index contributed by atoms with van der Waals surface area (Å²) in [5, 5.41) is 0. The molecule has 0 radical (unpaired) electrons. The Labute approximate surface area is 41.1 Å². The molecule has 0 aromatic heterocycles. The predicted octanol–water partition coefficient (Wildman–Crippen LogP) is 0.384. The molecule has 0 atom stereocenters. The van der Waals surface area contributed by atoms with E-state index in [2.05, 4.69) is 0 Å². The molecule has 0 N–H and O–H groups in total. The van der Waals surface area contributed by atoms with Crippen molar-refractivity contribution >= 4 is 26.6 Å². The summed E-state index contributed by atoms with van der Waals surface area (Å²) >= 11 is -9.44. The van der Waals surface area contributed by atoms with Crippen molar-refractivity contribution in [2.45, 2.75) is 0 Å². The third-order valence-electron chi connectivity index (χ3n) is 0.152. The van der Waals surface area contributed by atoms with Gasteiger partial charge in [-0.3, -0.25) is 0 Å². The van der Waals surface area contributed by atoms with Crippen LogP contribution in [0.5, 0.6) is 0 Å². The summed E-state index contributed by atoms with van der Waals surface area (Å²) in [5.41, 5.74) is 0. The van der Waals surface area contributed by atoms with Crippen LogP contribution in [0.2, 0.25) is 0 Å². The minimum absolute atomic E-state index is 3.42. The van der Waals surface area contributed by atoms with Gasteiger partial charge in [0.1, 0.15) is 0 Å². The molecule has 0 unspecified atom stereocenters. The van der Waals surface area contributed by atoms with E-state index in [-0.39, 0.29) is 0 Å². The number of hydrogen-bond acceptors (Lipinski definition) is 0. The summed E-state index contributed by atoms with van der Waals surface area (Å²) in [6.45, 7) is 0. The van der Waals surface area contributed by atoms with Crippen molar-refractivity contribution in [3.8, 4) is 0 Å². The van der Waals surface area contributed by atoms with E-state index in [4.69, 9.17) is 0 Å². The van der Waals surface area contributed by atoms with Crippen LogP contribution in [0, 0.1) is 0 Å². The Balaban J connectivity index is 3.17. The molecule has 6 heteroatoms. The summed E-state index contributed by atoms with van der Waals surface area (Å²) < 4.78 is 42.7. The van der Waals surface area contributed by atoms with Gasteiger partial charge in [-0.2, -0.15) is 0 Å². The van der Waals surface area contributed by atoms with Crippen LogP contribution in [-0.2, 0) is 0 Å². The summed E-state index contributed by atoms with van der Waals surface area (Å²) in [4.78, 5) is 0. The van der Waals surface area contributed by atoms with Crippen molar-refractivity contribution in [1.29, 1.82) is 0 Å². The fourth-order valence-electron chi connectivity index (χ4n) is 0. The van der Waals surface area contributed by atoms with E-state index < -0.39 is 26.6 Å². The first-order valence-electron chi connectivity index (χ1n) is 1.19. The van der Waals surface area contributed by atoms with Crippen LogP contribution in [-0.4, -0.2) is 26.6 Å². The molecule has 0 aromatic carbocycles. The van der Waals surface area contributed by atoms with Gasteiger partial charge in [0.2, 0.25) is 0 Å². The van der Waals surface area contributed by atoms with Gasteiger partial charge < -0.3 is 0 Å². The van der Waals surface area contributed by atoms with E-state index in [1.807, 2.05) is 0 Å². The standard InChI is InChI=1S/F4Ge2H2/c1-5-6(2,3)4/h5H2. The zero-order valence-electron chi connectivity index (χ0n) is 2.72. The van der Waals surface area contributed by atoms with Crippen LogP contribution in [0.25, 0.3) is 0 Å². The molecule has 0 aliphatic heterocycles. The molecule has 0 bridgehead atoms. The van der Waals surface area contributed by atoms with E-state index >= 15 is 0 Å². The van der Waals surface area contributed by atoms with E-state index in [0.717, 1.165) is 0 Å². The van der Waals surface area contributed by atoms with E-state index in [1.54, 1.807) is 0 Å². The monoisotopic (exact) mass is 226 g/mol.